The number of anilines is 1. The van der Waals surface area contributed by atoms with E-state index in [9.17, 15) is 4.79 Å². The Labute approximate surface area is 131 Å². The quantitative estimate of drug-likeness (QED) is 0.875. The first kappa shape index (κ1) is 15.0. The number of hydrogen-bond acceptors (Lipinski definition) is 2. The number of primary amides is 1. The number of amides is 1. The zero-order chi connectivity index (χ0) is 14.7. The molecule has 2 aromatic carbocycles. The molecule has 0 unspecified atom stereocenters. The van der Waals surface area contributed by atoms with E-state index in [4.69, 9.17) is 40.5 Å². The first-order valence-electron chi connectivity index (χ1n) is 5.74. The number of nitrogens with one attached hydrogen (secondary N) is 1. The minimum Gasteiger partial charge on any atom is -0.381 e. The fourth-order valence-electron chi connectivity index (χ4n) is 1.65. The van der Waals surface area contributed by atoms with Gasteiger partial charge in [-0.15, -0.1) is 0 Å². The summed E-state index contributed by atoms with van der Waals surface area (Å²) in [6, 6.07) is 10.2. The molecule has 0 bridgehead atoms. The van der Waals surface area contributed by atoms with Gasteiger partial charge in [0.25, 0.3) is 0 Å². The molecule has 2 aromatic rings. The van der Waals surface area contributed by atoms with Gasteiger partial charge in [-0.25, -0.2) is 0 Å². The molecule has 104 valence electrons. The van der Waals surface area contributed by atoms with E-state index in [1.165, 1.54) is 0 Å². The Bertz CT molecular complexity index is 659. The maximum atomic E-state index is 11.0. The lowest BCUT2D eigenvalue weighted by Gasteiger charge is -2.09. The molecule has 0 atom stereocenters. The summed E-state index contributed by atoms with van der Waals surface area (Å²) in [5.74, 6) is -0.504. The van der Waals surface area contributed by atoms with Gasteiger partial charge in [-0.3, -0.25) is 4.79 Å². The Morgan fingerprint density at radius 1 is 1.00 bits per heavy atom. The zero-order valence-electron chi connectivity index (χ0n) is 10.3. The summed E-state index contributed by atoms with van der Waals surface area (Å²) in [6.45, 7) is 0.496. The maximum absolute atomic E-state index is 11.0. The van der Waals surface area contributed by atoms with Crippen LogP contribution in [0, 0.1) is 0 Å². The van der Waals surface area contributed by atoms with Gasteiger partial charge in [-0.2, -0.15) is 0 Å². The van der Waals surface area contributed by atoms with Gasteiger partial charge in [0.1, 0.15) is 0 Å². The molecule has 0 aliphatic carbocycles. The number of halogens is 3. The van der Waals surface area contributed by atoms with Crippen molar-refractivity contribution in [3.05, 3.63) is 62.6 Å². The third kappa shape index (κ3) is 3.57. The molecule has 0 aromatic heterocycles. The van der Waals surface area contributed by atoms with E-state index in [0.29, 0.717) is 27.2 Å². The van der Waals surface area contributed by atoms with Crippen LogP contribution in [-0.2, 0) is 6.54 Å². The highest BCUT2D eigenvalue weighted by Gasteiger charge is 2.06. The molecule has 0 aliphatic rings. The van der Waals surface area contributed by atoms with Crippen LogP contribution in [0.2, 0.25) is 15.1 Å². The number of carbonyl (C=O) groups excluding carboxylic acids is 1. The van der Waals surface area contributed by atoms with Crippen LogP contribution in [0.25, 0.3) is 0 Å². The van der Waals surface area contributed by atoms with Crippen LogP contribution in [0.4, 0.5) is 5.69 Å². The second kappa shape index (κ2) is 6.35. The van der Waals surface area contributed by atoms with E-state index in [0.717, 1.165) is 11.3 Å². The Kier molecular flexibility index (Phi) is 4.76. The third-order valence-electron chi connectivity index (χ3n) is 2.74. The van der Waals surface area contributed by atoms with Crippen LogP contribution in [0.5, 0.6) is 0 Å². The molecular formula is C14H11Cl3N2O. The summed E-state index contributed by atoms with van der Waals surface area (Å²) in [7, 11) is 0. The average molecular weight is 330 g/mol. The molecule has 0 saturated heterocycles. The van der Waals surface area contributed by atoms with Crippen molar-refractivity contribution >= 4 is 46.4 Å². The van der Waals surface area contributed by atoms with Gasteiger partial charge in [-0.05, 0) is 35.9 Å². The zero-order valence-corrected chi connectivity index (χ0v) is 12.6. The Morgan fingerprint density at radius 3 is 2.35 bits per heavy atom. The van der Waals surface area contributed by atoms with E-state index < -0.39 is 5.91 Å². The van der Waals surface area contributed by atoms with Gasteiger partial charge < -0.3 is 11.1 Å². The van der Waals surface area contributed by atoms with E-state index in [-0.39, 0.29) is 0 Å². The highest BCUT2D eigenvalue weighted by atomic mass is 35.5. The Balaban J connectivity index is 2.10. The molecule has 0 fully saturated rings. The number of nitrogens with two attached hydrogens (primary N) is 1. The van der Waals surface area contributed by atoms with Crippen molar-refractivity contribution in [2.45, 2.75) is 6.54 Å². The third-order valence-corrected chi connectivity index (χ3v) is 3.83. The van der Waals surface area contributed by atoms with Crippen molar-refractivity contribution in [2.75, 3.05) is 5.32 Å². The smallest absolute Gasteiger partial charge is 0.248 e. The van der Waals surface area contributed by atoms with Gasteiger partial charge in [-0.1, -0.05) is 40.9 Å². The van der Waals surface area contributed by atoms with Gasteiger partial charge in [0.2, 0.25) is 5.91 Å². The Hall–Kier alpha value is -1.42. The summed E-state index contributed by atoms with van der Waals surface area (Å²) < 4.78 is 0. The molecular weight excluding hydrogens is 319 g/mol. The molecule has 0 radical (unpaired) electrons. The van der Waals surface area contributed by atoms with Crippen molar-refractivity contribution in [2.24, 2.45) is 5.73 Å². The fraction of sp³-hybridized carbons (Fsp3) is 0.0714. The molecule has 0 spiro atoms. The second-order valence-corrected chi connectivity index (χ2v) is 5.37. The van der Waals surface area contributed by atoms with E-state index in [1.807, 2.05) is 6.07 Å². The number of carbonyl (C=O) groups is 1. The van der Waals surface area contributed by atoms with E-state index >= 15 is 0 Å². The number of hydrogen-bond donors (Lipinski definition) is 2. The van der Waals surface area contributed by atoms with Crippen LogP contribution in [-0.4, -0.2) is 5.91 Å². The van der Waals surface area contributed by atoms with Crippen molar-refractivity contribution in [3.63, 3.8) is 0 Å². The second-order valence-electron chi connectivity index (χ2n) is 4.15. The fourth-order valence-corrected chi connectivity index (χ4v) is 2.19. The topological polar surface area (TPSA) is 55.1 Å². The lowest BCUT2D eigenvalue weighted by Crippen LogP contribution is -2.11. The largest absolute Gasteiger partial charge is 0.381 e. The van der Waals surface area contributed by atoms with Gasteiger partial charge >= 0.3 is 0 Å². The van der Waals surface area contributed by atoms with Crippen LogP contribution in [0.15, 0.2) is 36.4 Å². The summed E-state index contributed by atoms with van der Waals surface area (Å²) in [4.78, 5) is 11.0. The number of benzene rings is 2. The molecule has 0 heterocycles. The van der Waals surface area contributed by atoms with Crippen molar-refractivity contribution in [1.29, 1.82) is 0 Å². The normalized spacial score (nSPS) is 10.3. The highest BCUT2D eigenvalue weighted by Crippen LogP contribution is 2.26. The maximum Gasteiger partial charge on any atom is 0.248 e. The minimum atomic E-state index is -0.504. The van der Waals surface area contributed by atoms with Crippen molar-refractivity contribution in [1.82, 2.24) is 0 Å². The first-order valence-corrected chi connectivity index (χ1v) is 6.88. The summed E-state index contributed by atoms with van der Waals surface area (Å²) in [5, 5.41) is 4.63. The SMILES string of the molecule is NC(=O)c1ccc(CNc2ccc(Cl)c(Cl)c2)c(Cl)c1. The monoisotopic (exact) mass is 328 g/mol. The van der Waals surface area contributed by atoms with Crippen LogP contribution < -0.4 is 11.1 Å². The number of rotatable bonds is 4. The van der Waals surface area contributed by atoms with E-state index in [2.05, 4.69) is 5.32 Å². The minimum absolute atomic E-state index is 0.383. The summed E-state index contributed by atoms with van der Waals surface area (Å²) in [5.41, 5.74) is 7.25. The van der Waals surface area contributed by atoms with Gasteiger partial charge in [0.15, 0.2) is 0 Å². The van der Waals surface area contributed by atoms with Crippen LogP contribution in [0.1, 0.15) is 15.9 Å². The van der Waals surface area contributed by atoms with Gasteiger partial charge in [0.05, 0.1) is 10.0 Å². The molecule has 3 N–H and O–H groups in total. The molecule has 3 nitrogen and oxygen atoms in total. The Morgan fingerprint density at radius 2 is 1.75 bits per heavy atom. The molecule has 0 saturated carbocycles. The van der Waals surface area contributed by atoms with Crippen LogP contribution in [0.3, 0.4) is 0 Å². The van der Waals surface area contributed by atoms with Crippen molar-refractivity contribution in [3.8, 4) is 0 Å². The van der Waals surface area contributed by atoms with Crippen LogP contribution >= 0.6 is 34.8 Å². The lowest BCUT2D eigenvalue weighted by atomic mass is 10.1. The molecule has 20 heavy (non-hydrogen) atoms. The predicted molar refractivity (Wildman–Crippen MR) is 83.8 cm³/mol. The lowest BCUT2D eigenvalue weighted by molar-refractivity contribution is 0.100. The van der Waals surface area contributed by atoms with Gasteiger partial charge in [0, 0.05) is 22.8 Å². The first-order chi connectivity index (χ1) is 9.47. The van der Waals surface area contributed by atoms with Crippen molar-refractivity contribution < 1.29 is 4.79 Å². The summed E-state index contributed by atoms with van der Waals surface area (Å²) >= 11 is 17.9. The molecule has 1 amide bonds. The standard InChI is InChI=1S/C14H11Cl3N2O/c15-11-4-3-10(6-13(11)17)19-7-9-2-1-8(14(18)20)5-12(9)16/h1-6,19H,7H2,(H2,18,20). The average Bonchev–Trinajstić information content (AvgIpc) is 2.41. The molecule has 0 aliphatic heterocycles. The predicted octanol–water partition coefficient (Wildman–Crippen LogP) is 4.36. The summed E-state index contributed by atoms with van der Waals surface area (Å²) in [6.07, 6.45) is 0. The molecule has 2 rings (SSSR count). The highest BCUT2D eigenvalue weighted by molar-refractivity contribution is 6.42. The molecule has 6 heteroatoms. The van der Waals surface area contributed by atoms with E-state index in [1.54, 1.807) is 30.3 Å².